The van der Waals surface area contributed by atoms with Crippen molar-refractivity contribution in [3.63, 3.8) is 0 Å². The van der Waals surface area contributed by atoms with Crippen molar-refractivity contribution in [2.24, 2.45) is 0 Å². The third kappa shape index (κ3) is 4.49. The van der Waals surface area contributed by atoms with E-state index in [1.165, 1.54) is 10.7 Å². The number of aryl methyl sites for hydroxylation is 1. The molecule has 0 spiro atoms. The summed E-state index contributed by atoms with van der Waals surface area (Å²) in [6.45, 7) is 2.88. The number of fused-ring (bicyclic) bond motifs is 1. The number of aromatic nitrogens is 4. The van der Waals surface area contributed by atoms with Crippen molar-refractivity contribution in [1.29, 1.82) is 0 Å². The molecule has 0 bridgehead atoms. The number of benzene rings is 1. The first-order chi connectivity index (χ1) is 14.6. The fourth-order valence-electron chi connectivity index (χ4n) is 3.33. The lowest BCUT2D eigenvalue weighted by Crippen LogP contribution is -2.40. The fourth-order valence-corrected chi connectivity index (χ4v) is 4.02. The SMILES string of the molecule is CC[C@H](Cn1nc(-c2cccs2)ccc1=O)NC(=O)CCn1cnc2ccccc21. The van der Waals surface area contributed by atoms with Crippen LogP contribution in [0.15, 0.2) is 65.0 Å². The van der Waals surface area contributed by atoms with Gasteiger partial charge in [0.15, 0.2) is 0 Å². The van der Waals surface area contributed by atoms with Gasteiger partial charge in [0.1, 0.15) is 5.69 Å². The van der Waals surface area contributed by atoms with Crippen molar-refractivity contribution in [2.75, 3.05) is 0 Å². The van der Waals surface area contributed by atoms with Crippen LogP contribution in [0.4, 0.5) is 0 Å². The topological polar surface area (TPSA) is 81.8 Å². The van der Waals surface area contributed by atoms with Gasteiger partial charge >= 0.3 is 0 Å². The maximum atomic E-state index is 12.5. The molecule has 154 valence electrons. The molecule has 0 aliphatic carbocycles. The van der Waals surface area contributed by atoms with Gasteiger partial charge in [0.25, 0.3) is 5.56 Å². The Kier molecular flexibility index (Phi) is 6.04. The predicted molar refractivity (Wildman–Crippen MR) is 118 cm³/mol. The van der Waals surface area contributed by atoms with Gasteiger partial charge in [-0.1, -0.05) is 25.1 Å². The van der Waals surface area contributed by atoms with Crippen molar-refractivity contribution in [3.8, 4) is 10.6 Å². The number of nitrogens with one attached hydrogen (secondary N) is 1. The molecule has 7 nitrogen and oxygen atoms in total. The molecule has 8 heteroatoms. The Bertz CT molecular complexity index is 1200. The van der Waals surface area contributed by atoms with E-state index < -0.39 is 0 Å². The van der Waals surface area contributed by atoms with Crippen molar-refractivity contribution in [1.82, 2.24) is 24.6 Å². The number of carbonyl (C=O) groups is 1. The molecule has 4 rings (SSSR count). The molecular formula is C22H23N5O2S. The van der Waals surface area contributed by atoms with Gasteiger partial charge in [0.05, 0.1) is 28.8 Å². The van der Waals surface area contributed by atoms with Gasteiger partial charge in [-0.2, -0.15) is 5.10 Å². The van der Waals surface area contributed by atoms with E-state index >= 15 is 0 Å². The van der Waals surface area contributed by atoms with Crippen LogP contribution in [0.25, 0.3) is 21.6 Å². The van der Waals surface area contributed by atoms with E-state index in [1.807, 2.05) is 53.3 Å². The molecule has 30 heavy (non-hydrogen) atoms. The summed E-state index contributed by atoms with van der Waals surface area (Å²) in [6, 6.07) is 14.9. The Balaban J connectivity index is 1.39. The van der Waals surface area contributed by atoms with E-state index in [-0.39, 0.29) is 17.5 Å². The molecule has 0 unspecified atom stereocenters. The zero-order valence-electron chi connectivity index (χ0n) is 16.7. The minimum Gasteiger partial charge on any atom is -0.351 e. The summed E-state index contributed by atoms with van der Waals surface area (Å²) in [7, 11) is 0. The Hall–Kier alpha value is -3.26. The third-order valence-electron chi connectivity index (χ3n) is 5.00. The molecule has 3 heterocycles. The zero-order valence-corrected chi connectivity index (χ0v) is 17.5. The number of thiophene rings is 1. The molecular weight excluding hydrogens is 398 g/mol. The molecule has 0 saturated carbocycles. The van der Waals surface area contributed by atoms with Gasteiger partial charge < -0.3 is 9.88 Å². The fraction of sp³-hybridized carbons (Fsp3) is 0.273. The van der Waals surface area contributed by atoms with E-state index in [0.29, 0.717) is 25.9 Å². The molecule has 0 saturated heterocycles. The van der Waals surface area contributed by atoms with Crippen molar-refractivity contribution in [3.05, 3.63) is 70.6 Å². The molecule has 1 N–H and O–H groups in total. The van der Waals surface area contributed by atoms with Gasteiger partial charge in [-0.3, -0.25) is 9.59 Å². The van der Waals surface area contributed by atoms with E-state index in [0.717, 1.165) is 21.6 Å². The summed E-state index contributed by atoms with van der Waals surface area (Å²) < 4.78 is 3.42. The highest BCUT2D eigenvalue weighted by Crippen LogP contribution is 2.21. The monoisotopic (exact) mass is 421 g/mol. The summed E-state index contributed by atoms with van der Waals surface area (Å²) in [5.74, 6) is -0.0536. The molecule has 1 amide bonds. The highest BCUT2D eigenvalue weighted by Gasteiger charge is 2.14. The molecule has 0 aliphatic rings. The molecule has 0 fully saturated rings. The second kappa shape index (κ2) is 9.04. The number of rotatable bonds is 8. The average molecular weight is 422 g/mol. The lowest BCUT2D eigenvalue weighted by Gasteiger charge is -2.18. The summed E-state index contributed by atoms with van der Waals surface area (Å²) >= 11 is 1.58. The number of carbonyl (C=O) groups excluding carboxylic acids is 1. The maximum Gasteiger partial charge on any atom is 0.266 e. The van der Waals surface area contributed by atoms with Gasteiger partial charge in [-0.15, -0.1) is 11.3 Å². The maximum absolute atomic E-state index is 12.5. The Morgan fingerprint density at radius 3 is 2.83 bits per heavy atom. The Morgan fingerprint density at radius 2 is 2.03 bits per heavy atom. The van der Waals surface area contributed by atoms with Crippen LogP contribution < -0.4 is 10.9 Å². The highest BCUT2D eigenvalue weighted by atomic mass is 32.1. The van der Waals surface area contributed by atoms with Crippen LogP contribution in [-0.2, 0) is 17.9 Å². The standard InChI is InChI=1S/C22H23N5O2S/c1-2-16(14-27-22(29)10-9-18(25-27)20-8-5-13-30-20)24-21(28)11-12-26-15-23-17-6-3-4-7-19(17)26/h3-10,13,15-16H,2,11-12,14H2,1H3,(H,24,28)/t16-/m1/s1. The van der Waals surface area contributed by atoms with Crippen LogP contribution >= 0.6 is 11.3 Å². The minimum atomic E-state index is -0.173. The Morgan fingerprint density at radius 1 is 1.17 bits per heavy atom. The number of hydrogen-bond donors (Lipinski definition) is 1. The summed E-state index contributed by atoms with van der Waals surface area (Å²) in [6.07, 6.45) is 2.81. The zero-order chi connectivity index (χ0) is 20.9. The van der Waals surface area contributed by atoms with E-state index in [1.54, 1.807) is 23.7 Å². The first-order valence-electron chi connectivity index (χ1n) is 9.95. The van der Waals surface area contributed by atoms with Gasteiger partial charge in [0, 0.05) is 25.1 Å². The molecule has 3 aromatic heterocycles. The van der Waals surface area contributed by atoms with Crippen LogP contribution in [0.2, 0.25) is 0 Å². The highest BCUT2D eigenvalue weighted by molar-refractivity contribution is 7.13. The summed E-state index contributed by atoms with van der Waals surface area (Å²) in [5.41, 5.74) is 2.52. The molecule has 1 aromatic carbocycles. The van der Waals surface area contributed by atoms with Crippen LogP contribution in [0.1, 0.15) is 19.8 Å². The lowest BCUT2D eigenvalue weighted by molar-refractivity contribution is -0.122. The van der Waals surface area contributed by atoms with Crippen LogP contribution in [0, 0.1) is 0 Å². The normalized spacial score (nSPS) is 12.2. The van der Waals surface area contributed by atoms with Crippen molar-refractivity contribution >= 4 is 28.3 Å². The van der Waals surface area contributed by atoms with Crippen LogP contribution in [0.5, 0.6) is 0 Å². The Labute approximate surface area is 178 Å². The van der Waals surface area contributed by atoms with Crippen molar-refractivity contribution in [2.45, 2.75) is 38.9 Å². The minimum absolute atomic E-state index is 0.0536. The van der Waals surface area contributed by atoms with Gasteiger partial charge in [0.2, 0.25) is 5.91 Å². The smallest absolute Gasteiger partial charge is 0.266 e. The number of imidazole rings is 1. The molecule has 1 atom stereocenters. The number of para-hydroxylation sites is 2. The van der Waals surface area contributed by atoms with E-state index in [2.05, 4.69) is 15.4 Å². The second-order valence-corrected chi connectivity index (χ2v) is 8.01. The largest absolute Gasteiger partial charge is 0.351 e. The lowest BCUT2D eigenvalue weighted by atomic mass is 10.2. The second-order valence-electron chi connectivity index (χ2n) is 7.07. The predicted octanol–water partition coefficient (Wildman–Crippen LogP) is 3.31. The molecule has 0 aliphatic heterocycles. The molecule has 4 aromatic rings. The van der Waals surface area contributed by atoms with Gasteiger partial charge in [-0.05, 0) is 36.1 Å². The number of nitrogens with zero attached hydrogens (tertiary/aromatic N) is 4. The van der Waals surface area contributed by atoms with Crippen molar-refractivity contribution < 1.29 is 4.79 Å². The van der Waals surface area contributed by atoms with E-state index in [4.69, 9.17) is 0 Å². The average Bonchev–Trinajstić information content (AvgIpc) is 3.43. The first kappa shape index (κ1) is 20.0. The van der Waals surface area contributed by atoms with Gasteiger partial charge in [-0.25, -0.2) is 9.67 Å². The first-order valence-corrected chi connectivity index (χ1v) is 10.8. The van der Waals surface area contributed by atoms with Crippen LogP contribution in [0.3, 0.4) is 0 Å². The quantitative estimate of drug-likeness (QED) is 0.473. The number of amides is 1. The third-order valence-corrected chi connectivity index (χ3v) is 5.89. The van der Waals surface area contributed by atoms with Crippen LogP contribution in [-0.4, -0.2) is 31.3 Å². The molecule has 0 radical (unpaired) electrons. The van der Waals surface area contributed by atoms with E-state index in [9.17, 15) is 9.59 Å². The summed E-state index contributed by atoms with van der Waals surface area (Å²) in [5, 5.41) is 9.50. The summed E-state index contributed by atoms with van der Waals surface area (Å²) in [4.78, 5) is 30.1. The number of hydrogen-bond acceptors (Lipinski definition) is 5.